The van der Waals surface area contributed by atoms with Crippen molar-refractivity contribution in [3.63, 3.8) is 0 Å². The van der Waals surface area contributed by atoms with Crippen LogP contribution in [0, 0.1) is 0 Å². The van der Waals surface area contributed by atoms with Crippen LogP contribution in [0.15, 0.2) is 53.3 Å². The van der Waals surface area contributed by atoms with Crippen LogP contribution in [0.25, 0.3) is 11.0 Å². The van der Waals surface area contributed by atoms with Crippen molar-refractivity contribution < 1.29 is 4.42 Å². The molecule has 1 unspecified atom stereocenters. The van der Waals surface area contributed by atoms with Crippen LogP contribution in [0.2, 0.25) is 0 Å². The maximum atomic E-state index is 5.35. The predicted octanol–water partition coefficient (Wildman–Crippen LogP) is 2.94. The molecule has 2 aromatic heterocycles. The Morgan fingerprint density at radius 2 is 2.00 bits per heavy atom. The van der Waals surface area contributed by atoms with E-state index in [2.05, 4.69) is 22.2 Å². The largest absolute Gasteiger partial charge is 0.469 e. The number of hydrogen-bond donors (Lipinski definition) is 1. The lowest BCUT2D eigenvalue weighted by atomic mass is 10.2. The molecule has 3 aromatic rings. The number of hydrogen-bond acceptors (Lipinski definition) is 4. The molecule has 102 valence electrons. The molecular formula is C16H17N3O. The first kappa shape index (κ1) is 12.8. The molecule has 0 spiro atoms. The topological polar surface area (TPSA) is 51.0 Å². The standard InChI is InChI=1S/C16H17N3O/c1-12(9-14-5-4-8-20-14)17-10-13-11-18-15-6-2-3-7-16(15)19-13/h2-8,11-12,17H,9-10H2,1H3. The van der Waals surface area contributed by atoms with Crippen molar-refractivity contribution >= 4 is 11.0 Å². The van der Waals surface area contributed by atoms with Crippen LogP contribution < -0.4 is 5.32 Å². The van der Waals surface area contributed by atoms with Crippen molar-refractivity contribution in [1.82, 2.24) is 15.3 Å². The molecule has 0 aliphatic carbocycles. The molecule has 0 aliphatic heterocycles. The fourth-order valence-electron chi connectivity index (χ4n) is 2.16. The van der Waals surface area contributed by atoms with Gasteiger partial charge < -0.3 is 9.73 Å². The summed E-state index contributed by atoms with van der Waals surface area (Å²) in [6.07, 6.45) is 4.40. The summed E-state index contributed by atoms with van der Waals surface area (Å²) in [5.74, 6) is 0.995. The van der Waals surface area contributed by atoms with Crippen LogP contribution in [-0.4, -0.2) is 16.0 Å². The third kappa shape index (κ3) is 3.03. The van der Waals surface area contributed by atoms with E-state index in [4.69, 9.17) is 4.42 Å². The van der Waals surface area contributed by atoms with Gasteiger partial charge in [-0.25, -0.2) is 4.98 Å². The van der Waals surface area contributed by atoms with E-state index in [1.165, 1.54) is 0 Å². The minimum absolute atomic E-state index is 0.328. The van der Waals surface area contributed by atoms with Crippen molar-refractivity contribution in [2.45, 2.75) is 25.9 Å². The second-order valence-corrected chi connectivity index (χ2v) is 4.92. The zero-order valence-electron chi connectivity index (χ0n) is 11.4. The van der Waals surface area contributed by atoms with Gasteiger partial charge in [0.25, 0.3) is 0 Å². The van der Waals surface area contributed by atoms with Gasteiger partial charge in [0.15, 0.2) is 0 Å². The SMILES string of the molecule is CC(Cc1ccco1)NCc1cnc2ccccc2n1. The highest BCUT2D eigenvalue weighted by Gasteiger charge is 2.06. The molecule has 3 rings (SSSR count). The number of fused-ring (bicyclic) bond motifs is 1. The fraction of sp³-hybridized carbons (Fsp3) is 0.250. The number of aromatic nitrogens is 2. The van der Waals surface area contributed by atoms with Crippen LogP contribution in [-0.2, 0) is 13.0 Å². The van der Waals surface area contributed by atoms with E-state index in [1.807, 2.05) is 42.6 Å². The average molecular weight is 267 g/mol. The number of para-hydroxylation sites is 2. The van der Waals surface area contributed by atoms with Gasteiger partial charge in [0.1, 0.15) is 5.76 Å². The molecule has 0 fully saturated rings. The Labute approximate surface area is 117 Å². The van der Waals surface area contributed by atoms with Gasteiger partial charge in [-0.05, 0) is 31.2 Å². The molecule has 1 N–H and O–H groups in total. The maximum absolute atomic E-state index is 5.35. The molecule has 4 nitrogen and oxygen atoms in total. The van der Waals surface area contributed by atoms with Crippen molar-refractivity contribution in [3.05, 3.63) is 60.3 Å². The Morgan fingerprint density at radius 3 is 2.80 bits per heavy atom. The van der Waals surface area contributed by atoms with Crippen molar-refractivity contribution in [2.75, 3.05) is 0 Å². The molecule has 0 saturated heterocycles. The molecule has 4 heteroatoms. The number of rotatable bonds is 5. The van der Waals surface area contributed by atoms with E-state index in [-0.39, 0.29) is 0 Å². The summed E-state index contributed by atoms with van der Waals surface area (Å²) >= 11 is 0. The van der Waals surface area contributed by atoms with Crippen LogP contribution in [0.5, 0.6) is 0 Å². The van der Waals surface area contributed by atoms with E-state index >= 15 is 0 Å². The monoisotopic (exact) mass is 267 g/mol. The smallest absolute Gasteiger partial charge is 0.105 e. The lowest BCUT2D eigenvalue weighted by Gasteiger charge is -2.12. The third-order valence-corrected chi connectivity index (χ3v) is 3.22. The summed E-state index contributed by atoms with van der Waals surface area (Å²) in [6.45, 7) is 2.84. The first-order chi connectivity index (χ1) is 9.81. The summed E-state index contributed by atoms with van der Waals surface area (Å²) < 4.78 is 5.35. The van der Waals surface area contributed by atoms with Gasteiger partial charge in [-0.1, -0.05) is 12.1 Å². The van der Waals surface area contributed by atoms with E-state index in [0.29, 0.717) is 12.6 Å². The highest BCUT2D eigenvalue weighted by atomic mass is 16.3. The fourth-order valence-corrected chi connectivity index (χ4v) is 2.16. The van der Waals surface area contributed by atoms with Gasteiger partial charge in [-0.3, -0.25) is 4.98 Å². The summed E-state index contributed by atoms with van der Waals surface area (Å²) in [7, 11) is 0. The lowest BCUT2D eigenvalue weighted by molar-refractivity contribution is 0.455. The van der Waals surface area contributed by atoms with Crippen LogP contribution in [0.4, 0.5) is 0 Å². The first-order valence-corrected chi connectivity index (χ1v) is 6.78. The van der Waals surface area contributed by atoms with Gasteiger partial charge >= 0.3 is 0 Å². The molecule has 0 amide bonds. The summed E-state index contributed by atoms with van der Waals surface area (Å²) in [5, 5.41) is 3.44. The zero-order valence-corrected chi connectivity index (χ0v) is 11.4. The van der Waals surface area contributed by atoms with Crippen LogP contribution in [0.1, 0.15) is 18.4 Å². The van der Waals surface area contributed by atoms with Gasteiger partial charge in [-0.2, -0.15) is 0 Å². The Kier molecular flexibility index (Phi) is 3.74. The van der Waals surface area contributed by atoms with E-state index in [0.717, 1.165) is 28.9 Å². The van der Waals surface area contributed by atoms with E-state index < -0.39 is 0 Å². The summed E-state index contributed by atoms with van der Waals surface area (Å²) in [6, 6.07) is 12.1. The van der Waals surface area contributed by atoms with Gasteiger partial charge in [0.05, 0.1) is 29.2 Å². The van der Waals surface area contributed by atoms with E-state index in [9.17, 15) is 0 Å². The van der Waals surface area contributed by atoms with E-state index in [1.54, 1.807) is 6.26 Å². The molecule has 1 aromatic carbocycles. The Bertz CT molecular complexity index is 679. The number of nitrogens with one attached hydrogen (secondary N) is 1. The minimum Gasteiger partial charge on any atom is -0.469 e. The molecule has 0 saturated carbocycles. The molecular weight excluding hydrogens is 250 g/mol. The summed E-state index contributed by atoms with van der Waals surface area (Å²) in [5.41, 5.74) is 2.82. The van der Waals surface area contributed by atoms with Gasteiger partial charge in [0, 0.05) is 19.0 Å². The molecule has 0 aliphatic rings. The summed E-state index contributed by atoms with van der Waals surface area (Å²) in [4.78, 5) is 9.01. The predicted molar refractivity (Wildman–Crippen MR) is 78.3 cm³/mol. The van der Waals surface area contributed by atoms with Crippen LogP contribution in [0.3, 0.4) is 0 Å². The molecule has 0 radical (unpaired) electrons. The average Bonchev–Trinajstić information content (AvgIpc) is 2.98. The van der Waals surface area contributed by atoms with Crippen molar-refractivity contribution in [2.24, 2.45) is 0 Å². The Morgan fingerprint density at radius 1 is 1.15 bits per heavy atom. The molecule has 0 bridgehead atoms. The highest BCUT2D eigenvalue weighted by molar-refractivity contribution is 5.73. The third-order valence-electron chi connectivity index (χ3n) is 3.22. The van der Waals surface area contributed by atoms with Crippen molar-refractivity contribution in [1.29, 1.82) is 0 Å². The van der Waals surface area contributed by atoms with Crippen LogP contribution >= 0.6 is 0 Å². The van der Waals surface area contributed by atoms with Crippen molar-refractivity contribution in [3.8, 4) is 0 Å². The zero-order chi connectivity index (χ0) is 13.8. The highest BCUT2D eigenvalue weighted by Crippen LogP contribution is 2.09. The Balaban J connectivity index is 1.61. The lowest BCUT2D eigenvalue weighted by Crippen LogP contribution is -2.27. The normalized spacial score (nSPS) is 12.7. The molecule has 1 atom stereocenters. The number of furan rings is 1. The number of nitrogens with zero attached hydrogens (tertiary/aromatic N) is 2. The number of benzene rings is 1. The quantitative estimate of drug-likeness (QED) is 0.772. The van der Waals surface area contributed by atoms with Gasteiger partial charge in [0.2, 0.25) is 0 Å². The second kappa shape index (κ2) is 5.84. The maximum Gasteiger partial charge on any atom is 0.105 e. The minimum atomic E-state index is 0.328. The Hall–Kier alpha value is -2.20. The second-order valence-electron chi connectivity index (χ2n) is 4.92. The molecule has 20 heavy (non-hydrogen) atoms. The first-order valence-electron chi connectivity index (χ1n) is 6.78. The van der Waals surface area contributed by atoms with Gasteiger partial charge in [-0.15, -0.1) is 0 Å². The molecule has 2 heterocycles.